The van der Waals surface area contributed by atoms with Crippen LogP contribution < -0.4 is 14.2 Å². The van der Waals surface area contributed by atoms with Gasteiger partial charge in [-0.25, -0.2) is 0 Å². The summed E-state index contributed by atoms with van der Waals surface area (Å²) in [7, 11) is 4.60. The number of carbonyl (C=O) groups is 2. The minimum atomic E-state index is -0.756. The van der Waals surface area contributed by atoms with Crippen LogP contribution in [0.15, 0.2) is 28.4 Å². The van der Waals surface area contributed by atoms with Crippen LogP contribution in [0.25, 0.3) is 0 Å². The fourth-order valence-electron chi connectivity index (χ4n) is 4.83. The average Bonchev–Trinajstić information content (AvgIpc) is 2.78. The lowest BCUT2D eigenvalue weighted by atomic mass is 9.67. The van der Waals surface area contributed by atoms with Crippen LogP contribution in [-0.2, 0) is 19.1 Å². The molecule has 0 spiro atoms. The number of Topliss-reactive ketones (excluding diaryl/α,β-unsaturated/α-hetero) is 1. The highest BCUT2D eigenvalue weighted by Gasteiger charge is 2.46. The number of carbonyl (C=O) groups excluding carboxylic acids is 2. The first-order chi connectivity index (χ1) is 16.2. The van der Waals surface area contributed by atoms with Crippen LogP contribution in [-0.4, -0.2) is 58.6 Å². The zero-order valence-electron chi connectivity index (χ0n) is 21.1. The van der Waals surface area contributed by atoms with E-state index in [1.54, 1.807) is 12.1 Å². The van der Waals surface area contributed by atoms with E-state index in [2.05, 4.69) is 13.8 Å². The van der Waals surface area contributed by atoms with Crippen molar-refractivity contribution in [3.05, 3.63) is 29.0 Å². The number of benzene rings is 1. The third-order valence-electron chi connectivity index (χ3n) is 6.28. The molecule has 8 heteroatoms. The lowest BCUT2D eigenvalue weighted by Gasteiger charge is -2.39. The molecular formula is C26H35NO7. The van der Waals surface area contributed by atoms with Crippen LogP contribution in [0.5, 0.6) is 17.2 Å². The second-order valence-corrected chi connectivity index (χ2v) is 9.33. The molecule has 0 N–H and O–H groups in total. The number of ketones is 1. The highest BCUT2D eigenvalue weighted by Crippen LogP contribution is 2.50. The van der Waals surface area contributed by atoms with E-state index in [1.807, 2.05) is 13.8 Å². The Bertz CT molecular complexity index is 983. The largest absolute Gasteiger partial charge is 0.493 e. The Balaban J connectivity index is 2.15. The number of hydrogen-bond acceptors (Lipinski definition) is 8. The van der Waals surface area contributed by atoms with Gasteiger partial charge in [0.05, 0.1) is 27.9 Å². The highest BCUT2D eigenvalue weighted by molar-refractivity contribution is 6.09. The zero-order valence-corrected chi connectivity index (χ0v) is 21.1. The number of esters is 1. The smallest absolute Gasteiger partial charge is 0.315 e. The predicted octanol–water partition coefficient (Wildman–Crippen LogP) is 4.11. The Morgan fingerprint density at radius 1 is 1.06 bits per heavy atom. The molecule has 0 fully saturated rings. The zero-order chi connectivity index (χ0) is 25.0. The van der Waals surface area contributed by atoms with E-state index in [-0.39, 0.29) is 17.8 Å². The molecule has 1 unspecified atom stereocenters. The number of nitrogens with zero attached hydrogens (tertiary/aromatic N) is 1. The van der Waals surface area contributed by atoms with Crippen LogP contribution in [0.2, 0.25) is 0 Å². The highest BCUT2D eigenvalue weighted by atomic mass is 16.6. The second kappa shape index (κ2) is 10.6. The van der Waals surface area contributed by atoms with E-state index in [0.29, 0.717) is 60.2 Å². The van der Waals surface area contributed by atoms with Crippen LogP contribution in [0, 0.1) is 11.3 Å². The molecule has 0 radical (unpaired) electrons. The van der Waals surface area contributed by atoms with E-state index in [1.165, 1.54) is 21.3 Å². The fraction of sp³-hybridized carbons (Fsp3) is 0.577. The van der Waals surface area contributed by atoms with Crippen LogP contribution >= 0.6 is 0 Å². The van der Waals surface area contributed by atoms with Gasteiger partial charge < -0.3 is 23.7 Å². The number of ether oxygens (including phenoxy) is 5. The molecule has 0 saturated carbocycles. The summed E-state index contributed by atoms with van der Waals surface area (Å²) >= 11 is 0. The molecule has 0 bridgehead atoms. The maximum absolute atomic E-state index is 13.4. The first-order valence-electron chi connectivity index (χ1n) is 11.5. The van der Waals surface area contributed by atoms with Gasteiger partial charge in [-0.2, -0.15) is 0 Å². The molecule has 1 aliphatic heterocycles. The normalized spacial score (nSPS) is 21.5. The summed E-state index contributed by atoms with van der Waals surface area (Å²) < 4.78 is 27.4. The minimum absolute atomic E-state index is 0.00614. The predicted molar refractivity (Wildman–Crippen MR) is 128 cm³/mol. The Morgan fingerprint density at radius 2 is 1.71 bits per heavy atom. The molecule has 0 amide bonds. The standard InChI is InChI=1S/C26H35NO7/c1-8-33-9-10-34-25(29)21-15(2)27-17-13-26(3,4)14-18(28)23(17)22(21)16-11-19(30-5)24(32-7)20(12-16)31-6/h11-12,21-22H,8-10,13-14H2,1-7H3/t21?,22-/m0/s1. The van der Waals surface area contributed by atoms with E-state index >= 15 is 0 Å². The van der Waals surface area contributed by atoms with Gasteiger partial charge in [0.15, 0.2) is 17.3 Å². The van der Waals surface area contributed by atoms with Crippen molar-refractivity contribution in [1.29, 1.82) is 0 Å². The van der Waals surface area contributed by atoms with Crippen molar-refractivity contribution in [1.82, 2.24) is 0 Å². The van der Waals surface area contributed by atoms with E-state index < -0.39 is 17.8 Å². The third kappa shape index (κ3) is 5.12. The van der Waals surface area contributed by atoms with Gasteiger partial charge in [-0.05, 0) is 43.4 Å². The van der Waals surface area contributed by atoms with Crippen molar-refractivity contribution in [2.75, 3.05) is 41.2 Å². The molecule has 186 valence electrons. The van der Waals surface area contributed by atoms with Crippen LogP contribution in [0.1, 0.15) is 52.0 Å². The Kier molecular flexibility index (Phi) is 8.02. The summed E-state index contributed by atoms with van der Waals surface area (Å²) in [5.41, 5.74) is 2.41. The number of aliphatic imine (C=N–C) groups is 1. The molecule has 3 rings (SSSR count). The maximum atomic E-state index is 13.4. The van der Waals surface area contributed by atoms with Gasteiger partial charge in [-0.1, -0.05) is 13.8 Å². The van der Waals surface area contributed by atoms with E-state index in [9.17, 15) is 9.59 Å². The van der Waals surface area contributed by atoms with Crippen molar-refractivity contribution in [3.63, 3.8) is 0 Å². The monoisotopic (exact) mass is 473 g/mol. The molecule has 8 nitrogen and oxygen atoms in total. The van der Waals surface area contributed by atoms with Gasteiger partial charge in [-0.3, -0.25) is 14.6 Å². The quantitative estimate of drug-likeness (QED) is 0.394. The van der Waals surface area contributed by atoms with E-state index in [0.717, 1.165) is 5.70 Å². The van der Waals surface area contributed by atoms with Gasteiger partial charge in [0.2, 0.25) is 5.75 Å². The first-order valence-corrected chi connectivity index (χ1v) is 11.5. The summed E-state index contributed by atoms with van der Waals surface area (Å²) in [6.07, 6.45) is 1.03. The number of allylic oxidation sites excluding steroid dienone is 2. The molecular weight excluding hydrogens is 438 g/mol. The lowest BCUT2D eigenvalue weighted by molar-refractivity contribution is -0.148. The number of hydrogen-bond donors (Lipinski definition) is 0. The number of methoxy groups -OCH3 is 3. The third-order valence-corrected chi connectivity index (χ3v) is 6.28. The molecule has 34 heavy (non-hydrogen) atoms. The van der Waals surface area contributed by atoms with Gasteiger partial charge in [0.25, 0.3) is 0 Å². The Morgan fingerprint density at radius 3 is 2.26 bits per heavy atom. The first kappa shape index (κ1) is 25.7. The van der Waals surface area contributed by atoms with Gasteiger partial charge in [-0.15, -0.1) is 0 Å². The minimum Gasteiger partial charge on any atom is -0.493 e. The maximum Gasteiger partial charge on any atom is 0.315 e. The van der Waals surface area contributed by atoms with Gasteiger partial charge >= 0.3 is 5.97 Å². The summed E-state index contributed by atoms with van der Waals surface area (Å²) in [5, 5.41) is 0. The second-order valence-electron chi connectivity index (χ2n) is 9.33. The summed E-state index contributed by atoms with van der Waals surface area (Å²) in [6, 6.07) is 3.59. The van der Waals surface area contributed by atoms with Crippen LogP contribution in [0.4, 0.5) is 0 Å². The van der Waals surface area contributed by atoms with Crippen molar-refractivity contribution in [2.45, 2.75) is 46.5 Å². The Labute approximate surface area is 201 Å². The lowest BCUT2D eigenvalue weighted by Crippen LogP contribution is -2.39. The van der Waals surface area contributed by atoms with Crippen molar-refractivity contribution >= 4 is 17.5 Å². The van der Waals surface area contributed by atoms with Crippen molar-refractivity contribution in [3.8, 4) is 17.2 Å². The molecule has 1 aromatic rings. The molecule has 1 aliphatic carbocycles. The van der Waals surface area contributed by atoms with E-state index in [4.69, 9.17) is 28.7 Å². The molecule has 0 saturated heterocycles. The topological polar surface area (TPSA) is 92.7 Å². The molecule has 2 aliphatic rings. The fourth-order valence-corrected chi connectivity index (χ4v) is 4.83. The summed E-state index contributed by atoms with van der Waals surface area (Å²) in [4.78, 5) is 31.5. The summed E-state index contributed by atoms with van der Waals surface area (Å²) in [6.45, 7) is 8.78. The average molecular weight is 474 g/mol. The van der Waals surface area contributed by atoms with Crippen molar-refractivity contribution < 1.29 is 33.3 Å². The van der Waals surface area contributed by atoms with Gasteiger partial charge in [0, 0.05) is 35.9 Å². The molecule has 1 aromatic carbocycles. The molecule has 0 aromatic heterocycles. The number of rotatable bonds is 9. The van der Waals surface area contributed by atoms with Crippen molar-refractivity contribution in [2.24, 2.45) is 16.3 Å². The summed E-state index contributed by atoms with van der Waals surface area (Å²) in [5.74, 6) is -0.441. The molecule has 2 atom stereocenters. The van der Waals surface area contributed by atoms with Gasteiger partial charge in [0.1, 0.15) is 12.5 Å². The SMILES string of the molecule is CCOCCOC(=O)C1C(C)=NC2=C(C(=O)CC(C)(C)C2)[C@H]1c1cc(OC)c(OC)c(OC)c1. The Hall–Kier alpha value is -2.87. The molecule has 1 heterocycles. The van der Waals surface area contributed by atoms with Crippen LogP contribution in [0.3, 0.4) is 0 Å².